The van der Waals surface area contributed by atoms with Crippen molar-refractivity contribution in [2.45, 2.75) is 0 Å². The summed E-state index contributed by atoms with van der Waals surface area (Å²) < 4.78 is 6.70. The fourth-order valence-corrected chi connectivity index (χ4v) is 7.46. The Morgan fingerprint density at radius 3 is 1.94 bits per heavy atom. The third kappa shape index (κ3) is 4.25. The first kappa shape index (κ1) is 27.8. The van der Waals surface area contributed by atoms with Crippen molar-refractivity contribution in [2.75, 3.05) is 4.90 Å². The Hall–Kier alpha value is -7.12. The number of hydrogen-bond acceptors (Lipinski definition) is 6. The molecule has 51 heavy (non-hydrogen) atoms. The second kappa shape index (κ2) is 10.7. The topological polar surface area (TPSA) is 83.7 Å². The van der Waals surface area contributed by atoms with Crippen LogP contribution in [0.5, 0.6) is 0 Å². The van der Waals surface area contributed by atoms with Crippen molar-refractivity contribution in [3.8, 4) is 45.4 Å². The maximum atomic E-state index is 6.70. The summed E-state index contributed by atoms with van der Waals surface area (Å²) in [5, 5.41) is 4.17. The number of nitrogens with one attached hydrogen (secondary N) is 1. The molecule has 10 aromatic rings. The first-order valence-electron chi connectivity index (χ1n) is 16.9. The van der Waals surface area contributed by atoms with Crippen LogP contribution in [0.4, 0.5) is 17.2 Å². The number of para-hydroxylation sites is 4. The normalized spacial score (nSPS) is 12.3. The fourth-order valence-electron chi connectivity index (χ4n) is 7.46. The van der Waals surface area contributed by atoms with Gasteiger partial charge in [-0.3, -0.25) is 4.90 Å². The highest BCUT2D eigenvalue weighted by molar-refractivity contribution is 6.15. The van der Waals surface area contributed by atoms with Gasteiger partial charge in [-0.25, -0.2) is 19.9 Å². The van der Waals surface area contributed by atoms with Gasteiger partial charge in [0.1, 0.15) is 11.4 Å². The number of anilines is 3. The molecule has 7 heteroatoms. The lowest BCUT2D eigenvalue weighted by atomic mass is 10.0. The zero-order valence-electron chi connectivity index (χ0n) is 27.1. The molecule has 1 aliphatic rings. The summed E-state index contributed by atoms with van der Waals surface area (Å²) >= 11 is 0. The van der Waals surface area contributed by atoms with Gasteiger partial charge >= 0.3 is 0 Å². The molecule has 0 aliphatic carbocycles. The smallest absolute Gasteiger partial charge is 0.166 e. The van der Waals surface area contributed by atoms with Gasteiger partial charge in [-0.2, -0.15) is 0 Å². The summed E-state index contributed by atoms with van der Waals surface area (Å²) in [6, 6.07) is 51.7. The Bertz CT molecular complexity index is 2980. The molecule has 7 nitrogen and oxygen atoms in total. The van der Waals surface area contributed by atoms with Crippen LogP contribution in [0.1, 0.15) is 0 Å². The van der Waals surface area contributed by atoms with Crippen molar-refractivity contribution in [3.05, 3.63) is 152 Å². The Morgan fingerprint density at radius 2 is 1.12 bits per heavy atom. The van der Waals surface area contributed by atoms with E-state index in [0.29, 0.717) is 17.5 Å². The molecule has 0 unspecified atom stereocenters. The quantitative estimate of drug-likeness (QED) is 0.200. The molecule has 0 fully saturated rings. The Kier molecular flexibility index (Phi) is 5.83. The van der Waals surface area contributed by atoms with E-state index in [9.17, 15) is 0 Å². The highest BCUT2D eigenvalue weighted by Crippen LogP contribution is 2.45. The number of aromatic amines is 1. The lowest BCUT2D eigenvalue weighted by molar-refractivity contribution is 0.669. The number of H-pyrrole nitrogens is 1. The number of fused-ring (bicyclic) bond motifs is 14. The van der Waals surface area contributed by atoms with E-state index < -0.39 is 0 Å². The van der Waals surface area contributed by atoms with Crippen LogP contribution in [0.2, 0.25) is 0 Å². The maximum Gasteiger partial charge on any atom is 0.166 e. The van der Waals surface area contributed by atoms with Crippen LogP contribution >= 0.6 is 0 Å². The standard InChI is InChI=1S/C44H26N6O/c1-3-12-26(13-4-1)42-47-43-27-24-34-29-16-7-8-22-37(29)51-41(34)36(25-27)50(28-14-5-2-6-15-28)38-23-11-21-35(45-38)32-19-9-17-30-31-18-10-20-33(44(48-42)49-43)40(31)46-39(30)32/h1-25,46H. The van der Waals surface area contributed by atoms with Gasteiger partial charge in [0.2, 0.25) is 0 Å². The minimum absolute atomic E-state index is 0.561. The van der Waals surface area contributed by atoms with Crippen molar-refractivity contribution < 1.29 is 4.42 Å². The SMILES string of the molecule is c1ccc(-c2nc3nc(n2)-c2cccc4c2[nH]c2c(cccc24)-c2cccc(n2)N(c2ccccc2)c2cc-3cc3c2oc2ccccc23)cc1. The third-order valence-corrected chi connectivity index (χ3v) is 9.79. The molecular formula is C44H26N6O. The molecule has 0 amide bonds. The molecule has 4 aromatic heterocycles. The van der Waals surface area contributed by atoms with Crippen molar-refractivity contribution in [1.29, 1.82) is 0 Å². The van der Waals surface area contributed by atoms with E-state index in [4.69, 9.17) is 24.4 Å². The van der Waals surface area contributed by atoms with E-state index in [0.717, 1.165) is 88.9 Å². The maximum absolute atomic E-state index is 6.70. The highest BCUT2D eigenvalue weighted by atomic mass is 16.3. The van der Waals surface area contributed by atoms with Crippen molar-refractivity contribution in [1.82, 2.24) is 24.9 Å². The molecule has 6 aromatic carbocycles. The largest absolute Gasteiger partial charge is 0.454 e. The van der Waals surface area contributed by atoms with E-state index >= 15 is 0 Å². The first-order chi connectivity index (χ1) is 25.3. The Balaban J connectivity index is 1.33. The van der Waals surface area contributed by atoms with Crippen molar-refractivity contribution >= 4 is 60.9 Å². The average Bonchev–Trinajstić information content (AvgIpc) is 3.77. The molecule has 0 atom stereocenters. The number of pyridine rings is 1. The molecule has 238 valence electrons. The Morgan fingerprint density at radius 1 is 0.471 bits per heavy atom. The predicted molar refractivity (Wildman–Crippen MR) is 204 cm³/mol. The van der Waals surface area contributed by atoms with Gasteiger partial charge in [-0.1, -0.05) is 103 Å². The van der Waals surface area contributed by atoms with E-state index in [-0.39, 0.29) is 0 Å². The van der Waals surface area contributed by atoms with Crippen LogP contribution in [0, 0.1) is 0 Å². The highest BCUT2D eigenvalue weighted by Gasteiger charge is 2.25. The van der Waals surface area contributed by atoms with Crippen LogP contribution < -0.4 is 4.90 Å². The summed E-state index contributed by atoms with van der Waals surface area (Å²) in [7, 11) is 0. The lowest BCUT2D eigenvalue weighted by Crippen LogP contribution is -2.12. The van der Waals surface area contributed by atoms with Gasteiger partial charge in [0.05, 0.1) is 22.4 Å². The average molecular weight is 655 g/mol. The summed E-state index contributed by atoms with van der Waals surface area (Å²) in [6.07, 6.45) is 0. The second-order valence-electron chi connectivity index (χ2n) is 12.8. The van der Waals surface area contributed by atoms with Gasteiger partial charge in [0, 0.05) is 49.5 Å². The molecule has 0 radical (unpaired) electrons. The molecule has 1 N–H and O–H groups in total. The first-order valence-corrected chi connectivity index (χ1v) is 16.9. The summed E-state index contributed by atoms with van der Waals surface area (Å²) in [5.41, 5.74) is 9.78. The number of benzene rings is 6. The molecule has 8 bridgehead atoms. The lowest BCUT2D eigenvalue weighted by Gasteiger charge is -2.25. The van der Waals surface area contributed by atoms with Crippen molar-refractivity contribution in [2.24, 2.45) is 0 Å². The van der Waals surface area contributed by atoms with Crippen molar-refractivity contribution in [3.63, 3.8) is 0 Å². The number of rotatable bonds is 2. The van der Waals surface area contributed by atoms with E-state index in [1.165, 1.54) is 0 Å². The summed E-state index contributed by atoms with van der Waals surface area (Å²) in [6.45, 7) is 0. The van der Waals surface area contributed by atoms with Gasteiger partial charge in [-0.15, -0.1) is 0 Å². The van der Waals surface area contributed by atoms with Gasteiger partial charge in [0.25, 0.3) is 0 Å². The molecule has 0 saturated carbocycles. The third-order valence-electron chi connectivity index (χ3n) is 9.79. The second-order valence-corrected chi connectivity index (χ2v) is 12.8. The number of hydrogen-bond donors (Lipinski definition) is 1. The molecular weight excluding hydrogens is 629 g/mol. The van der Waals surface area contributed by atoms with E-state index in [2.05, 4.69) is 88.7 Å². The molecule has 1 aliphatic heterocycles. The predicted octanol–water partition coefficient (Wildman–Crippen LogP) is 11.3. The van der Waals surface area contributed by atoms with Crippen LogP contribution in [0.15, 0.2) is 156 Å². The Labute approximate surface area is 291 Å². The zero-order chi connectivity index (χ0) is 33.5. The van der Waals surface area contributed by atoms with Gasteiger partial charge in [0.15, 0.2) is 23.1 Å². The zero-order valence-corrected chi connectivity index (χ0v) is 27.1. The molecule has 0 saturated heterocycles. The minimum atomic E-state index is 0.561. The van der Waals surface area contributed by atoms with Gasteiger partial charge in [-0.05, 0) is 48.5 Å². The van der Waals surface area contributed by atoms with Crippen LogP contribution in [-0.4, -0.2) is 24.9 Å². The number of aromatic nitrogens is 5. The summed E-state index contributed by atoms with van der Waals surface area (Å²) in [4.78, 5) is 26.8. The van der Waals surface area contributed by atoms with Gasteiger partial charge < -0.3 is 9.40 Å². The fraction of sp³-hybridized carbons (Fsp3) is 0. The van der Waals surface area contributed by atoms with Crippen LogP contribution in [0.25, 0.3) is 89.2 Å². The number of furan rings is 1. The van der Waals surface area contributed by atoms with E-state index in [1.807, 2.05) is 72.8 Å². The summed E-state index contributed by atoms with van der Waals surface area (Å²) in [5.74, 6) is 2.50. The van der Waals surface area contributed by atoms with Crippen LogP contribution in [0.3, 0.4) is 0 Å². The van der Waals surface area contributed by atoms with E-state index in [1.54, 1.807) is 0 Å². The number of nitrogens with zero attached hydrogens (tertiary/aromatic N) is 5. The monoisotopic (exact) mass is 654 g/mol. The molecule has 11 rings (SSSR count). The molecule has 0 spiro atoms. The molecule has 5 heterocycles. The minimum Gasteiger partial charge on any atom is -0.454 e. The van der Waals surface area contributed by atoms with Crippen LogP contribution in [-0.2, 0) is 0 Å².